The third-order valence-corrected chi connectivity index (χ3v) is 4.14. The highest BCUT2D eigenvalue weighted by Gasteiger charge is 2.15. The van der Waals surface area contributed by atoms with Crippen molar-refractivity contribution in [2.45, 2.75) is 45.8 Å². The van der Waals surface area contributed by atoms with Crippen LogP contribution in [-0.4, -0.2) is 36.5 Å². The highest BCUT2D eigenvalue weighted by Crippen LogP contribution is 2.16. The lowest BCUT2D eigenvalue weighted by molar-refractivity contribution is 0.227. The summed E-state index contributed by atoms with van der Waals surface area (Å²) in [6, 6.07) is 2.71. The number of nitrogens with zero attached hydrogens (tertiary/aromatic N) is 1. The summed E-state index contributed by atoms with van der Waals surface area (Å²) in [5.74, 6) is 2.28. The lowest BCUT2D eigenvalue weighted by Crippen LogP contribution is -2.33. The fourth-order valence-electron chi connectivity index (χ4n) is 2.17. The number of hydrogen-bond donors (Lipinski definition) is 1. The van der Waals surface area contributed by atoms with Gasteiger partial charge in [-0.3, -0.25) is 4.90 Å². The average molecular weight is 284 g/mol. The zero-order chi connectivity index (χ0) is 14.1. The molecule has 110 valence electrons. The predicted molar refractivity (Wildman–Crippen MR) is 84.6 cm³/mol. The first kappa shape index (κ1) is 16.6. The predicted octanol–water partition coefficient (Wildman–Crippen LogP) is 3.35. The Labute approximate surface area is 122 Å². The van der Waals surface area contributed by atoms with Crippen LogP contribution in [0.4, 0.5) is 0 Å². The minimum absolute atomic E-state index is 0.622. The van der Waals surface area contributed by atoms with Crippen molar-refractivity contribution in [3.8, 4) is 0 Å². The maximum Gasteiger partial charge on any atom is 0.122 e. The fraction of sp³-hybridized carbons (Fsp3) is 0.733. The highest BCUT2D eigenvalue weighted by atomic mass is 32.2. The number of hydrogen-bond acceptors (Lipinski definition) is 4. The smallest absolute Gasteiger partial charge is 0.122 e. The van der Waals surface area contributed by atoms with Gasteiger partial charge in [-0.15, -0.1) is 0 Å². The van der Waals surface area contributed by atoms with Gasteiger partial charge in [0.25, 0.3) is 0 Å². The third kappa shape index (κ3) is 5.59. The van der Waals surface area contributed by atoms with Crippen molar-refractivity contribution in [2.24, 2.45) is 0 Å². The Hall–Kier alpha value is -0.450. The third-order valence-electron chi connectivity index (χ3n) is 3.43. The summed E-state index contributed by atoms with van der Waals surface area (Å²) in [6.45, 7) is 7.31. The van der Waals surface area contributed by atoms with E-state index in [1.54, 1.807) is 0 Å². The van der Waals surface area contributed by atoms with Crippen LogP contribution in [-0.2, 0) is 13.1 Å². The average Bonchev–Trinajstić information content (AvgIpc) is 2.83. The number of rotatable bonds is 10. The Morgan fingerprint density at radius 3 is 2.84 bits per heavy atom. The second kappa shape index (κ2) is 9.45. The van der Waals surface area contributed by atoms with Gasteiger partial charge in [-0.05, 0) is 38.8 Å². The summed E-state index contributed by atoms with van der Waals surface area (Å²) in [4.78, 5) is 2.40. The Morgan fingerprint density at radius 1 is 1.42 bits per heavy atom. The molecule has 4 heteroatoms. The van der Waals surface area contributed by atoms with Crippen LogP contribution in [0, 0.1) is 0 Å². The van der Waals surface area contributed by atoms with E-state index in [2.05, 4.69) is 43.4 Å². The number of nitrogens with one attached hydrogen (secondary N) is 1. The van der Waals surface area contributed by atoms with E-state index in [1.165, 1.54) is 24.2 Å². The molecular weight excluding hydrogens is 256 g/mol. The van der Waals surface area contributed by atoms with Gasteiger partial charge >= 0.3 is 0 Å². The van der Waals surface area contributed by atoms with Crippen molar-refractivity contribution in [3.63, 3.8) is 0 Å². The van der Waals surface area contributed by atoms with Gasteiger partial charge in [-0.25, -0.2) is 0 Å². The highest BCUT2D eigenvalue weighted by molar-refractivity contribution is 7.98. The maximum absolute atomic E-state index is 5.65. The molecule has 0 aliphatic rings. The molecule has 19 heavy (non-hydrogen) atoms. The van der Waals surface area contributed by atoms with E-state index in [1.807, 2.05) is 18.0 Å². The molecule has 0 bridgehead atoms. The molecule has 1 atom stereocenters. The SMILES string of the molecule is CCCNCc1ccoc1CN(C)C(CC)CSC. The van der Waals surface area contributed by atoms with Gasteiger partial charge in [0.15, 0.2) is 0 Å². The molecule has 1 rings (SSSR count). The second-order valence-corrected chi connectivity index (χ2v) is 5.89. The summed E-state index contributed by atoms with van der Waals surface area (Å²) in [5, 5.41) is 3.44. The van der Waals surface area contributed by atoms with Gasteiger partial charge in [0.2, 0.25) is 0 Å². The Balaban J connectivity index is 2.53. The van der Waals surface area contributed by atoms with E-state index >= 15 is 0 Å². The van der Waals surface area contributed by atoms with Gasteiger partial charge in [0.05, 0.1) is 12.8 Å². The summed E-state index contributed by atoms with van der Waals surface area (Å²) in [7, 11) is 2.19. The van der Waals surface area contributed by atoms with E-state index in [9.17, 15) is 0 Å². The standard InChI is InChI=1S/C15H28N2OS/c1-5-8-16-10-13-7-9-18-15(13)11-17(3)14(6-2)12-19-4/h7,9,14,16H,5-6,8,10-12H2,1-4H3. The summed E-state index contributed by atoms with van der Waals surface area (Å²) in [6.07, 6.45) is 6.32. The van der Waals surface area contributed by atoms with Gasteiger partial charge in [0.1, 0.15) is 5.76 Å². The quantitative estimate of drug-likeness (QED) is 0.667. The van der Waals surface area contributed by atoms with Crippen LogP contribution in [0.1, 0.15) is 38.0 Å². The van der Waals surface area contributed by atoms with Gasteiger partial charge in [0, 0.05) is 23.9 Å². The molecule has 0 radical (unpaired) electrons. The van der Waals surface area contributed by atoms with Gasteiger partial charge < -0.3 is 9.73 Å². The zero-order valence-corrected chi connectivity index (χ0v) is 13.6. The van der Waals surface area contributed by atoms with Gasteiger partial charge in [-0.2, -0.15) is 11.8 Å². The maximum atomic E-state index is 5.65. The van der Waals surface area contributed by atoms with E-state index in [4.69, 9.17) is 4.42 Å². The summed E-state index contributed by atoms with van der Waals surface area (Å²) in [5.41, 5.74) is 1.29. The largest absolute Gasteiger partial charge is 0.468 e. The molecular formula is C15H28N2OS. The van der Waals surface area contributed by atoms with Crippen molar-refractivity contribution in [1.29, 1.82) is 0 Å². The molecule has 0 saturated heterocycles. The van der Waals surface area contributed by atoms with E-state index in [0.29, 0.717) is 6.04 Å². The van der Waals surface area contributed by atoms with Crippen LogP contribution in [0.2, 0.25) is 0 Å². The van der Waals surface area contributed by atoms with E-state index in [0.717, 1.165) is 25.4 Å². The molecule has 0 saturated carbocycles. The second-order valence-electron chi connectivity index (χ2n) is 4.98. The van der Waals surface area contributed by atoms with Crippen molar-refractivity contribution in [2.75, 3.05) is 25.6 Å². The minimum Gasteiger partial charge on any atom is -0.468 e. The Morgan fingerprint density at radius 2 is 2.21 bits per heavy atom. The molecule has 0 aliphatic carbocycles. The first-order valence-corrected chi connectivity index (χ1v) is 8.57. The molecule has 0 fully saturated rings. The summed E-state index contributed by atoms with van der Waals surface area (Å²) >= 11 is 1.91. The van der Waals surface area contributed by atoms with E-state index < -0.39 is 0 Å². The summed E-state index contributed by atoms with van der Waals surface area (Å²) < 4.78 is 5.65. The molecule has 1 heterocycles. The lowest BCUT2D eigenvalue weighted by atomic mass is 10.2. The molecule has 1 N–H and O–H groups in total. The van der Waals surface area contributed by atoms with Crippen LogP contribution in [0.3, 0.4) is 0 Å². The zero-order valence-electron chi connectivity index (χ0n) is 12.7. The number of thioether (sulfide) groups is 1. The van der Waals surface area contributed by atoms with Crippen LogP contribution in [0.15, 0.2) is 16.7 Å². The molecule has 0 aromatic carbocycles. The van der Waals surface area contributed by atoms with Crippen LogP contribution >= 0.6 is 11.8 Å². The Bertz CT molecular complexity index is 341. The van der Waals surface area contributed by atoms with Crippen molar-refractivity contribution < 1.29 is 4.42 Å². The van der Waals surface area contributed by atoms with Crippen LogP contribution in [0.25, 0.3) is 0 Å². The lowest BCUT2D eigenvalue weighted by Gasteiger charge is -2.26. The fourth-order valence-corrected chi connectivity index (χ4v) is 3.04. The van der Waals surface area contributed by atoms with Gasteiger partial charge in [-0.1, -0.05) is 13.8 Å². The van der Waals surface area contributed by atoms with Crippen LogP contribution < -0.4 is 5.32 Å². The molecule has 0 amide bonds. The molecule has 0 aliphatic heterocycles. The van der Waals surface area contributed by atoms with E-state index in [-0.39, 0.29) is 0 Å². The molecule has 1 aromatic heterocycles. The number of furan rings is 1. The first-order valence-electron chi connectivity index (χ1n) is 7.18. The van der Waals surface area contributed by atoms with Crippen molar-refractivity contribution >= 4 is 11.8 Å². The molecule has 0 spiro atoms. The van der Waals surface area contributed by atoms with Crippen molar-refractivity contribution in [3.05, 3.63) is 23.7 Å². The molecule has 1 unspecified atom stereocenters. The first-order chi connectivity index (χ1) is 9.22. The normalized spacial score (nSPS) is 13.1. The molecule has 3 nitrogen and oxygen atoms in total. The van der Waals surface area contributed by atoms with Crippen molar-refractivity contribution in [1.82, 2.24) is 10.2 Å². The van der Waals surface area contributed by atoms with Crippen LogP contribution in [0.5, 0.6) is 0 Å². The molecule has 1 aromatic rings. The monoisotopic (exact) mass is 284 g/mol. The Kier molecular flexibility index (Phi) is 8.26. The minimum atomic E-state index is 0.622. The topological polar surface area (TPSA) is 28.4 Å².